The van der Waals surface area contributed by atoms with Gasteiger partial charge in [-0.05, 0) is 49.1 Å². The molecule has 0 aliphatic carbocycles. The van der Waals surface area contributed by atoms with Crippen LogP contribution < -0.4 is 9.47 Å². The summed E-state index contributed by atoms with van der Waals surface area (Å²) in [4.78, 5) is 23.0. The third-order valence-corrected chi connectivity index (χ3v) is 5.34. The van der Waals surface area contributed by atoms with Gasteiger partial charge < -0.3 is 19.4 Å². The first-order valence-electron chi connectivity index (χ1n) is 9.64. The number of para-hydroxylation sites is 2. The molecule has 0 unspecified atom stereocenters. The molecule has 6 heteroatoms. The highest BCUT2D eigenvalue weighted by Gasteiger charge is 2.31. The monoisotopic (exact) mass is 379 g/mol. The molecule has 28 heavy (non-hydrogen) atoms. The fourth-order valence-corrected chi connectivity index (χ4v) is 3.89. The molecular weight excluding hydrogens is 354 g/mol. The number of aromatic amines is 1. The maximum Gasteiger partial charge on any atom is 0.223 e. The Bertz CT molecular complexity index is 927. The molecule has 0 spiro atoms. The van der Waals surface area contributed by atoms with Gasteiger partial charge in [-0.25, -0.2) is 4.98 Å². The van der Waals surface area contributed by atoms with Crippen LogP contribution in [0, 0.1) is 0 Å². The Morgan fingerprint density at radius 3 is 2.64 bits per heavy atom. The van der Waals surface area contributed by atoms with E-state index in [9.17, 15) is 4.79 Å². The molecular formula is C22H25N3O3. The molecule has 0 bridgehead atoms. The Morgan fingerprint density at radius 2 is 1.93 bits per heavy atom. The normalized spacial score (nSPS) is 16.5. The number of H-pyrrole nitrogens is 1. The Hall–Kier alpha value is -3.02. The molecule has 2 heterocycles. The summed E-state index contributed by atoms with van der Waals surface area (Å²) in [6.45, 7) is 0.780. The first-order chi connectivity index (χ1) is 13.7. The first-order valence-corrected chi connectivity index (χ1v) is 9.64. The fourth-order valence-electron chi connectivity index (χ4n) is 3.89. The number of hydrogen-bond acceptors (Lipinski definition) is 4. The Labute approximate surface area is 164 Å². The van der Waals surface area contributed by atoms with E-state index in [2.05, 4.69) is 4.98 Å². The molecule has 1 aromatic heterocycles. The molecule has 0 radical (unpaired) electrons. The van der Waals surface area contributed by atoms with Gasteiger partial charge in [0.2, 0.25) is 5.91 Å². The van der Waals surface area contributed by atoms with Gasteiger partial charge in [0.25, 0.3) is 0 Å². The van der Waals surface area contributed by atoms with Crippen LogP contribution in [0.2, 0.25) is 0 Å². The zero-order valence-corrected chi connectivity index (χ0v) is 16.3. The summed E-state index contributed by atoms with van der Waals surface area (Å²) in [5.74, 6) is 2.52. The number of carbonyl (C=O) groups excluding carboxylic acids is 1. The number of imidazole rings is 1. The van der Waals surface area contributed by atoms with Crippen molar-refractivity contribution < 1.29 is 14.3 Å². The maximum absolute atomic E-state index is 12.9. The number of aromatic nitrogens is 2. The summed E-state index contributed by atoms with van der Waals surface area (Å²) in [7, 11) is 3.26. The van der Waals surface area contributed by atoms with E-state index in [4.69, 9.17) is 14.5 Å². The number of rotatable bonds is 6. The van der Waals surface area contributed by atoms with Crippen molar-refractivity contribution in [1.82, 2.24) is 14.9 Å². The lowest BCUT2D eigenvalue weighted by Gasteiger charge is -2.23. The summed E-state index contributed by atoms with van der Waals surface area (Å²) < 4.78 is 10.6. The summed E-state index contributed by atoms with van der Waals surface area (Å²) >= 11 is 0. The number of methoxy groups -OCH3 is 2. The number of fused-ring (bicyclic) bond motifs is 1. The summed E-state index contributed by atoms with van der Waals surface area (Å²) in [5.41, 5.74) is 2.99. The summed E-state index contributed by atoms with van der Waals surface area (Å²) in [5, 5.41) is 0. The Morgan fingerprint density at radius 1 is 1.18 bits per heavy atom. The molecule has 4 rings (SSSR count). The number of nitrogens with one attached hydrogen (secondary N) is 1. The largest absolute Gasteiger partial charge is 0.497 e. The van der Waals surface area contributed by atoms with Crippen LogP contribution in [0.1, 0.15) is 36.7 Å². The van der Waals surface area contributed by atoms with Crippen LogP contribution in [-0.4, -0.2) is 41.5 Å². The second-order valence-corrected chi connectivity index (χ2v) is 7.11. The zero-order chi connectivity index (χ0) is 19.5. The predicted molar refractivity (Wildman–Crippen MR) is 108 cm³/mol. The number of amides is 1. The van der Waals surface area contributed by atoms with Crippen LogP contribution in [0.3, 0.4) is 0 Å². The van der Waals surface area contributed by atoms with Crippen LogP contribution in [0.15, 0.2) is 42.5 Å². The van der Waals surface area contributed by atoms with Crippen molar-refractivity contribution in [2.24, 2.45) is 0 Å². The fraction of sp³-hybridized carbons (Fsp3) is 0.364. The van der Waals surface area contributed by atoms with E-state index in [0.29, 0.717) is 12.8 Å². The minimum absolute atomic E-state index is 0.0275. The molecule has 1 aliphatic rings. The van der Waals surface area contributed by atoms with Gasteiger partial charge in [0, 0.05) is 19.0 Å². The van der Waals surface area contributed by atoms with Gasteiger partial charge in [-0.1, -0.05) is 12.1 Å². The molecule has 1 atom stereocenters. The molecule has 146 valence electrons. The van der Waals surface area contributed by atoms with Crippen molar-refractivity contribution in [3.8, 4) is 11.5 Å². The van der Waals surface area contributed by atoms with Gasteiger partial charge in [0.05, 0.1) is 31.3 Å². The van der Waals surface area contributed by atoms with Gasteiger partial charge in [-0.2, -0.15) is 0 Å². The van der Waals surface area contributed by atoms with E-state index in [1.54, 1.807) is 14.2 Å². The number of aryl methyl sites for hydroxylation is 1. The number of likely N-dealkylation sites (tertiary alicyclic amines) is 1. The van der Waals surface area contributed by atoms with E-state index in [1.165, 1.54) is 0 Å². The highest BCUT2D eigenvalue weighted by molar-refractivity contribution is 5.78. The van der Waals surface area contributed by atoms with Crippen LogP contribution in [0.25, 0.3) is 11.0 Å². The summed E-state index contributed by atoms with van der Waals surface area (Å²) in [6, 6.07) is 13.8. The van der Waals surface area contributed by atoms with E-state index in [1.807, 2.05) is 47.4 Å². The van der Waals surface area contributed by atoms with Crippen molar-refractivity contribution in [2.75, 3.05) is 20.8 Å². The predicted octanol–water partition coefficient (Wildman–Crippen LogP) is 3.88. The minimum atomic E-state index is 0.0275. The van der Waals surface area contributed by atoms with Gasteiger partial charge in [0.1, 0.15) is 17.3 Å². The van der Waals surface area contributed by atoms with Crippen LogP contribution in [-0.2, 0) is 11.2 Å². The second-order valence-electron chi connectivity index (χ2n) is 7.11. The lowest BCUT2D eigenvalue weighted by atomic mass is 10.1. The number of hydrogen-bond donors (Lipinski definition) is 1. The number of carbonyl (C=O) groups is 1. The topological polar surface area (TPSA) is 67.5 Å². The molecule has 2 aromatic carbocycles. The van der Waals surface area contributed by atoms with Gasteiger partial charge in [-0.15, -0.1) is 0 Å². The molecule has 3 aromatic rings. The maximum atomic E-state index is 12.9. The van der Waals surface area contributed by atoms with Gasteiger partial charge >= 0.3 is 0 Å². The van der Waals surface area contributed by atoms with E-state index >= 15 is 0 Å². The van der Waals surface area contributed by atoms with Crippen molar-refractivity contribution in [2.45, 2.75) is 31.7 Å². The van der Waals surface area contributed by atoms with Crippen molar-refractivity contribution >= 4 is 16.9 Å². The van der Waals surface area contributed by atoms with E-state index in [0.717, 1.165) is 53.3 Å². The Kier molecular flexibility index (Phi) is 5.19. The smallest absolute Gasteiger partial charge is 0.223 e. The van der Waals surface area contributed by atoms with Gasteiger partial charge in [-0.3, -0.25) is 4.79 Å². The van der Waals surface area contributed by atoms with Crippen molar-refractivity contribution in [3.05, 3.63) is 53.9 Å². The molecule has 1 saturated heterocycles. The average Bonchev–Trinajstić information content (AvgIpc) is 3.38. The number of benzene rings is 2. The summed E-state index contributed by atoms with van der Waals surface area (Å²) in [6.07, 6.45) is 3.04. The van der Waals surface area contributed by atoms with E-state index in [-0.39, 0.29) is 11.9 Å². The lowest BCUT2D eigenvalue weighted by molar-refractivity contribution is -0.132. The van der Waals surface area contributed by atoms with E-state index < -0.39 is 0 Å². The first kappa shape index (κ1) is 18.3. The molecule has 1 N–H and O–H groups in total. The lowest BCUT2D eigenvalue weighted by Crippen LogP contribution is -2.31. The molecule has 0 saturated carbocycles. The van der Waals surface area contributed by atoms with Crippen LogP contribution in [0.5, 0.6) is 11.5 Å². The Balaban J connectivity index is 1.46. The second kappa shape index (κ2) is 7.92. The van der Waals surface area contributed by atoms with Crippen LogP contribution in [0.4, 0.5) is 0 Å². The third-order valence-electron chi connectivity index (χ3n) is 5.34. The third kappa shape index (κ3) is 3.67. The molecule has 1 aliphatic heterocycles. The standard InChI is InChI=1S/C22H25N3O3/c1-27-16-12-15(13-17(14-16)28-2)9-10-21(26)25-11-5-8-20(25)22-23-18-6-3-4-7-19(18)24-22/h3-4,6-7,12-14,20H,5,8-11H2,1-2H3,(H,23,24)/t20-/m0/s1. The van der Waals surface area contributed by atoms with Crippen molar-refractivity contribution in [1.29, 1.82) is 0 Å². The molecule has 1 amide bonds. The number of ether oxygens (including phenoxy) is 2. The molecule has 1 fully saturated rings. The SMILES string of the molecule is COc1cc(CCC(=O)N2CCC[C@H]2c2nc3ccccc3[nH]2)cc(OC)c1. The highest BCUT2D eigenvalue weighted by atomic mass is 16.5. The quantitative estimate of drug-likeness (QED) is 0.706. The molecule has 6 nitrogen and oxygen atoms in total. The number of nitrogens with zero attached hydrogens (tertiary/aromatic N) is 2. The average molecular weight is 379 g/mol. The van der Waals surface area contributed by atoms with Crippen molar-refractivity contribution in [3.63, 3.8) is 0 Å². The zero-order valence-electron chi connectivity index (χ0n) is 16.3. The highest BCUT2D eigenvalue weighted by Crippen LogP contribution is 2.32. The minimum Gasteiger partial charge on any atom is -0.497 e. The van der Waals surface area contributed by atoms with Crippen LogP contribution >= 0.6 is 0 Å². The van der Waals surface area contributed by atoms with Gasteiger partial charge in [0.15, 0.2) is 0 Å².